The smallest absolute Gasteiger partial charge is 0.270 e. The van der Waals surface area contributed by atoms with Crippen molar-refractivity contribution < 1.29 is 18.5 Å². The first-order valence-electron chi connectivity index (χ1n) is 9.55. The lowest BCUT2D eigenvalue weighted by Gasteiger charge is -2.11. The van der Waals surface area contributed by atoms with E-state index < -0.39 is 17.6 Å². The van der Waals surface area contributed by atoms with E-state index in [-0.39, 0.29) is 22.5 Å². The van der Waals surface area contributed by atoms with Gasteiger partial charge in [0.1, 0.15) is 5.82 Å². The van der Waals surface area contributed by atoms with Crippen molar-refractivity contribution >= 4 is 22.9 Å². The third-order valence-corrected chi connectivity index (χ3v) is 4.93. The fraction of sp³-hybridized carbons (Fsp3) is 0.130. The second-order valence-electron chi connectivity index (χ2n) is 7.21. The highest BCUT2D eigenvalue weighted by molar-refractivity contribution is 6.08. The van der Waals surface area contributed by atoms with Gasteiger partial charge in [-0.3, -0.25) is 20.4 Å². The van der Waals surface area contributed by atoms with Crippen LogP contribution < -0.4 is 10.9 Å². The van der Waals surface area contributed by atoms with Gasteiger partial charge < -0.3 is 4.52 Å². The van der Waals surface area contributed by atoms with E-state index in [1.165, 1.54) is 12.1 Å². The number of nitrogens with zero attached hydrogens (tertiary/aromatic N) is 2. The van der Waals surface area contributed by atoms with Crippen LogP contribution in [0.4, 0.5) is 4.39 Å². The molecule has 0 spiro atoms. The fourth-order valence-corrected chi connectivity index (χ4v) is 3.40. The Morgan fingerprint density at radius 2 is 1.65 bits per heavy atom. The van der Waals surface area contributed by atoms with E-state index in [0.29, 0.717) is 16.6 Å². The summed E-state index contributed by atoms with van der Waals surface area (Å²) in [5.41, 5.74) is 8.23. The second-order valence-corrected chi connectivity index (χ2v) is 7.21. The summed E-state index contributed by atoms with van der Waals surface area (Å²) < 4.78 is 19.5. The highest BCUT2D eigenvalue weighted by Crippen LogP contribution is 2.28. The number of carbonyl (C=O) groups excluding carboxylic acids is 2. The quantitative estimate of drug-likeness (QED) is 0.490. The van der Waals surface area contributed by atoms with Gasteiger partial charge in [-0.05, 0) is 50.6 Å². The van der Waals surface area contributed by atoms with Crippen LogP contribution in [0.1, 0.15) is 37.5 Å². The van der Waals surface area contributed by atoms with E-state index in [0.717, 1.165) is 11.1 Å². The first-order chi connectivity index (χ1) is 14.8. The average molecular weight is 418 g/mol. The van der Waals surface area contributed by atoms with E-state index in [9.17, 15) is 14.0 Å². The first-order valence-corrected chi connectivity index (χ1v) is 9.55. The Kier molecular flexibility index (Phi) is 5.21. The van der Waals surface area contributed by atoms with Crippen molar-refractivity contribution in [1.29, 1.82) is 0 Å². The van der Waals surface area contributed by atoms with Crippen molar-refractivity contribution in [2.24, 2.45) is 0 Å². The normalized spacial score (nSPS) is 10.8. The van der Waals surface area contributed by atoms with Crippen LogP contribution in [0.3, 0.4) is 0 Å². The number of aryl methyl sites for hydroxylation is 3. The summed E-state index contributed by atoms with van der Waals surface area (Å²) in [6.07, 6.45) is 0. The molecule has 0 atom stereocenters. The lowest BCUT2D eigenvalue weighted by atomic mass is 10.0. The number of aromatic nitrogens is 2. The topological polar surface area (TPSA) is 97.1 Å². The average Bonchev–Trinajstić information content (AvgIpc) is 3.12. The molecule has 0 fully saturated rings. The van der Waals surface area contributed by atoms with E-state index in [2.05, 4.69) is 21.0 Å². The summed E-state index contributed by atoms with van der Waals surface area (Å²) >= 11 is 0. The summed E-state index contributed by atoms with van der Waals surface area (Å²) in [5.74, 6) is -1.54. The zero-order valence-corrected chi connectivity index (χ0v) is 17.1. The lowest BCUT2D eigenvalue weighted by Crippen LogP contribution is -2.42. The number of hydrazine groups is 1. The van der Waals surface area contributed by atoms with Crippen molar-refractivity contribution in [2.45, 2.75) is 20.8 Å². The van der Waals surface area contributed by atoms with Crippen molar-refractivity contribution in [1.82, 2.24) is 21.0 Å². The minimum Gasteiger partial charge on any atom is -0.335 e. The van der Waals surface area contributed by atoms with Crippen LogP contribution in [0.2, 0.25) is 0 Å². The maximum Gasteiger partial charge on any atom is 0.270 e. The zero-order chi connectivity index (χ0) is 22.1. The summed E-state index contributed by atoms with van der Waals surface area (Å²) in [4.78, 5) is 29.7. The summed E-state index contributed by atoms with van der Waals surface area (Å²) in [6, 6.07) is 12.9. The molecule has 0 radical (unpaired) electrons. The van der Waals surface area contributed by atoms with Crippen LogP contribution in [0.25, 0.3) is 22.4 Å². The maximum absolute atomic E-state index is 14.3. The van der Waals surface area contributed by atoms with E-state index in [1.807, 2.05) is 26.0 Å². The Hall–Kier alpha value is -4.07. The lowest BCUT2D eigenvalue weighted by molar-refractivity contribution is 0.0847. The van der Waals surface area contributed by atoms with E-state index >= 15 is 0 Å². The molecule has 8 heteroatoms. The van der Waals surface area contributed by atoms with Gasteiger partial charge in [0.2, 0.25) is 0 Å². The first kappa shape index (κ1) is 20.2. The van der Waals surface area contributed by atoms with Crippen LogP contribution in [-0.4, -0.2) is 22.0 Å². The Balaban J connectivity index is 1.66. The zero-order valence-electron chi connectivity index (χ0n) is 17.1. The van der Waals surface area contributed by atoms with Gasteiger partial charge in [0, 0.05) is 11.1 Å². The number of fused-ring (bicyclic) bond motifs is 1. The molecule has 2 amide bonds. The van der Waals surface area contributed by atoms with Gasteiger partial charge in [-0.25, -0.2) is 9.37 Å². The number of rotatable bonds is 3. The van der Waals surface area contributed by atoms with Crippen molar-refractivity contribution in [3.05, 3.63) is 82.3 Å². The predicted octanol–water partition coefficient (Wildman–Crippen LogP) is 4.03. The molecule has 2 aromatic heterocycles. The molecule has 7 nitrogen and oxygen atoms in total. The second kappa shape index (κ2) is 7.98. The highest BCUT2D eigenvalue weighted by Gasteiger charge is 2.21. The molecular formula is C23H19FN4O3. The number of carbonyl (C=O) groups is 2. The van der Waals surface area contributed by atoms with Gasteiger partial charge in [0.25, 0.3) is 17.5 Å². The molecule has 0 bridgehead atoms. The molecule has 0 aliphatic carbocycles. The minimum absolute atomic E-state index is 0.101. The minimum atomic E-state index is -0.602. The largest absolute Gasteiger partial charge is 0.335 e. The molecule has 0 unspecified atom stereocenters. The number of amides is 2. The Labute approximate surface area is 177 Å². The molecule has 0 aliphatic rings. The number of benzene rings is 2. The van der Waals surface area contributed by atoms with Crippen molar-refractivity contribution in [3.63, 3.8) is 0 Å². The van der Waals surface area contributed by atoms with Crippen LogP contribution in [0, 0.1) is 26.6 Å². The Morgan fingerprint density at radius 3 is 2.35 bits per heavy atom. The molecule has 2 N–H and O–H groups in total. The molecule has 2 aromatic carbocycles. The fourth-order valence-electron chi connectivity index (χ4n) is 3.40. The predicted molar refractivity (Wildman–Crippen MR) is 113 cm³/mol. The van der Waals surface area contributed by atoms with Crippen LogP contribution in [-0.2, 0) is 0 Å². The number of hydrogen-bond acceptors (Lipinski definition) is 5. The van der Waals surface area contributed by atoms with Gasteiger partial charge >= 0.3 is 0 Å². The van der Waals surface area contributed by atoms with Crippen molar-refractivity contribution in [2.75, 3.05) is 0 Å². The molecule has 156 valence electrons. The molecule has 2 heterocycles. The third-order valence-electron chi connectivity index (χ3n) is 4.93. The molecule has 31 heavy (non-hydrogen) atoms. The van der Waals surface area contributed by atoms with Gasteiger partial charge in [0.05, 0.1) is 22.3 Å². The number of pyridine rings is 1. The highest BCUT2D eigenvalue weighted by atomic mass is 19.1. The monoisotopic (exact) mass is 418 g/mol. The van der Waals surface area contributed by atoms with Gasteiger partial charge in [-0.1, -0.05) is 35.0 Å². The maximum atomic E-state index is 14.3. The Morgan fingerprint density at radius 1 is 0.935 bits per heavy atom. The summed E-state index contributed by atoms with van der Waals surface area (Å²) in [6.45, 7) is 5.41. The molecule has 4 aromatic rings. The SMILES string of the molecule is Cc1ccc(C(=O)NNC(=O)c2cc(-c3ccccc3F)nc3onc(C)c23)c(C)c1. The van der Waals surface area contributed by atoms with E-state index in [4.69, 9.17) is 4.52 Å². The summed E-state index contributed by atoms with van der Waals surface area (Å²) in [5, 5.41) is 4.25. The van der Waals surface area contributed by atoms with Gasteiger partial charge in [-0.15, -0.1) is 0 Å². The Bertz CT molecular complexity index is 1330. The summed E-state index contributed by atoms with van der Waals surface area (Å²) in [7, 11) is 0. The van der Waals surface area contributed by atoms with Crippen LogP contribution >= 0.6 is 0 Å². The standard InChI is InChI=1S/C23H19FN4O3/c1-12-8-9-15(13(2)10-12)21(29)26-27-22(30)17-11-19(16-6-4-5-7-18(16)24)25-23-20(17)14(3)28-31-23/h4-11H,1-3H3,(H,26,29)(H,27,30). The number of nitrogens with one attached hydrogen (secondary N) is 2. The van der Waals surface area contributed by atoms with Gasteiger partial charge in [-0.2, -0.15) is 0 Å². The molecule has 0 saturated heterocycles. The number of hydrogen-bond donors (Lipinski definition) is 2. The van der Waals surface area contributed by atoms with Crippen LogP contribution in [0.5, 0.6) is 0 Å². The molecule has 4 rings (SSSR count). The molecule has 0 saturated carbocycles. The number of halogens is 1. The van der Waals surface area contributed by atoms with Crippen LogP contribution in [0.15, 0.2) is 53.1 Å². The van der Waals surface area contributed by atoms with Crippen molar-refractivity contribution in [3.8, 4) is 11.3 Å². The molecular weight excluding hydrogens is 399 g/mol. The molecule has 0 aliphatic heterocycles. The third kappa shape index (κ3) is 3.87. The van der Waals surface area contributed by atoms with Gasteiger partial charge in [0.15, 0.2) is 0 Å². The van der Waals surface area contributed by atoms with E-state index in [1.54, 1.807) is 31.2 Å².